The van der Waals surface area contributed by atoms with E-state index in [-0.39, 0.29) is 7.21 Å². The van der Waals surface area contributed by atoms with Crippen LogP contribution < -0.4 is 0 Å². The van der Waals surface area contributed by atoms with Crippen LogP contribution in [0.2, 0.25) is 0 Å². The lowest BCUT2D eigenvalue weighted by Crippen LogP contribution is -2.24. The second-order valence-corrected chi connectivity index (χ2v) is 3.27. The van der Waals surface area contributed by atoms with E-state index in [1.165, 1.54) is 46.2 Å². The summed E-state index contributed by atoms with van der Waals surface area (Å²) in [7, 11) is 2.19. The summed E-state index contributed by atoms with van der Waals surface area (Å²) >= 11 is 0. The topological polar surface area (TPSA) is 20.3 Å². The molecule has 0 saturated carbocycles. The fraction of sp³-hybridized carbons (Fsp3) is 0.889. The van der Waals surface area contributed by atoms with E-state index in [0.717, 1.165) is 0 Å². The largest absolute Gasteiger partial charge is 0.306 e. The molecule has 0 N–H and O–H groups in total. The van der Waals surface area contributed by atoms with Gasteiger partial charge in [0, 0.05) is 1.43 Å². The number of carbonyl (C=O) groups is 1. The summed E-state index contributed by atoms with van der Waals surface area (Å²) in [4.78, 5) is 11.8. The maximum atomic E-state index is 9.44. The van der Waals surface area contributed by atoms with Crippen LogP contribution in [0.4, 0.5) is 0 Å². The van der Waals surface area contributed by atoms with Gasteiger partial charge in [0.1, 0.15) is 5.78 Å². The first-order chi connectivity index (χ1) is 5.13. The summed E-state index contributed by atoms with van der Waals surface area (Å²) in [5, 5.41) is 0. The molecule has 0 bridgehead atoms. The van der Waals surface area contributed by atoms with Crippen molar-refractivity contribution in [1.29, 1.82) is 0 Å². The summed E-state index contributed by atoms with van der Waals surface area (Å²) in [5.41, 5.74) is 0. The standard InChI is InChI=1S/C6H13N.C3H6O.H2/c1-7-5-3-2-4-6-7;1-3(2)4;/h2-6H2,1H3;1-2H3;1H. The van der Waals surface area contributed by atoms with Gasteiger partial charge in [-0.1, -0.05) is 6.42 Å². The van der Waals surface area contributed by atoms with Gasteiger partial charge in [-0.3, -0.25) is 0 Å². The minimum atomic E-state index is 0. The van der Waals surface area contributed by atoms with Gasteiger partial charge in [-0.25, -0.2) is 0 Å². The summed E-state index contributed by atoms with van der Waals surface area (Å²) in [5.74, 6) is 0.167. The van der Waals surface area contributed by atoms with Crippen molar-refractivity contribution < 1.29 is 6.22 Å². The molecule has 0 radical (unpaired) electrons. The normalized spacial score (nSPS) is 18.5. The predicted molar refractivity (Wildman–Crippen MR) is 49.8 cm³/mol. The number of rotatable bonds is 0. The van der Waals surface area contributed by atoms with E-state index < -0.39 is 0 Å². The van der Waals surface area contributed by atoms with E-state index in [4.69, 9.17) is 0 Å². The lowest BCUT2D eigenvalue weighted by molar-refractivity contribution is -0.114. The second-order valence-electron chi connectivity index (χ2n) is 3.27. The molecular weight excluding hydrogens is 138 g/mol. The lowest BCUT2D eigenvalue weighted by Gasteiger charge is -2.20. The molecule has 0 aliphatic carbocycles. The van der Waals surface area contributed by atoms with Crippen LogP contribution in [0.1, 0.15) is 34.5 Å². The quantitative estimate of drug-likeness (QED) is 0.538. The Morgan fingerprint density at radius 3 is 1.73 bits per heavy atom. The SMILES string of the molecule is CC(C)=O.CN1CCCCC1.[HH]. The van der Waals surface area contributed by atoms with Crippen LogP contribution >= 0.6 is 0 Å². The number of likely N-dealkylation sites (tertiary alicyclic amines) is 1. The highest BCUT2D eigenvalue weighted by atomic mass is 16.1. The molecule has 11 heavy (non-hydrogen) atoms. The molecule has 1 saturated heterocycles. The first kappa shape index (κ1) is 10.6. The van der Waals surface area contributed by atoms with Gasteiger partial charge >= 0.3 is 0 Å². The van der Waals surface area contributed by atoms with E-state index in [2.05, 4.69) is 11.9 Å². The van der Waals surface area contributed by atoms with Crippen molar-refractivity contribution in [2.45, 2.75) is 33.1 Å². The Balaban J connectivity index is 0. The fourth-order valence-electron chi connectivity index (χ4n) is 1.05. The molecule has 0 unspecified atom stereocenters. The van der Waals surface area contributed by atoms with E-state index in [1.807, 2.05) is 0 Å². The monoisotopic (exact) mass is 159 g/mol. The Kier molecular flexibility index (Phi) is 6.13. The number of piperidine rings is 1. The molecule has 1 fully saturated rings. The van der Waals surface area contributed by atoms with Crippen molar-refractivity contribution in [2.75, 3.05) is 20.1 Å². The van der Waals surface area contributed by atoms with Gasteiger partial charge in [0.05, 0.1) is 0 Å². The van der Waals surface area contributed by atoms with Gasteiger partial charge in [-0.15, -0.1) is 0 Å². The number of carbonyl (C=O) groups excluding carboxylic acids is 1. The Morgan fingerprint density at radius 2 is 1.55 bits per heavy atom. The third kappa shape index (κ3) is 9.63. The van der Waals surface area contributed by atoms with Gasteiger partial charge in [-0.05, 0) is 46.8 Å². The molecule has 1 rings (SSSR count). The van der Waals surface area contributed by atoms with E-state index >= 15 is 0 Å². The molecule has 0 amide bonds. The van der Waals surface area contributed by atoms with Crippen LogP contribution in [0.25, 0.3) is 0 Å². The Morgan fingerprint density at radius 1 is 1.18 bits per heavy atom. The van der Waals surface area contributed by atoms with Crippen LogP contribution in [-0.2, 0) is 4.79 Å². The maximum Gasteiger partial charge on any atom is 0.126 e. The van der Waals surface area contributed by atoms with Crippen molar-refractivity contribution in [3.8, 4) is 0 Å². The molecule has 0 aromatic carbocycles. The molecule has 2 nitrogen and oxygen atoms in total. The summed E-state index contributed by atoms with van der Waals surface area (Å²) in [6.45, 7) is 5.69. The molecule has 1 aliphatic heterocycles. The second kappa shape index (κ2) is 6.35. The zero-order chi connectivity index (χ0) is 8.69. The highest BCUT2D eigenvalue weighted by molar-refractivity contribution is 5.72. The zero-order valence-electron chi connectivity index (χ0n) is 7.89. The summed E-state index contributed by atoms with van der Waals surface area (Å²) in [6, 6.07) is 0. The number of nitrogens with zero attached hydrogens (tertiary/aromatic N) is 1. The minimum absolute atomic E-state index is 0. The third-order valence-corrected chi connectivity index (χ3v) is 1.58. The molecule has 2 heteroatoms. The van der Waals surface area contributed by atoms with Crippen LogP contribution in [0.5, 0.6) is 0 Å². The summed E-state index contributed by atoms with van der Waals surface area (Å²) < 4.78 is 0. The number of hydrogen-bond donors (Lipinski definition) is 0. The van der Waals surface area contributed by atoms with Crippen molar-refractivity contribution in [3.05, 3.63) is 0 Å². The Hall–Kier alpha value is -0.370. The van der Waals surface area contributed by atoms with Gasteiger partial charge in [-0.2, -0.15) is 0 Å². The first-order valence-electron chi connectivity index (χ1n) is 4.28. The van der Waals surface area contributed by atoms with Gasteiger partial charge in [0.2, 0.25) is 0 Å². The van der Waals surface area contributed by atoms with E-state index in [9.17, 15) is 4.79 Å². The van der Waals surface area contributed by atoms with Crippen molar-refractivity contribution in [1.82, 2.24) is 4.90 Å². The van der Waals surface area contributed by atoms with Gasteiger partial charge < -0.3 is 9.69 Å². The zero-order valence-corrected chi connectivity index (χ0v) is 7.89. The van der Waals surface area contributed by atoms with Crippen LogP contribution in [0.15, 0.2) is 0 Å². The molecule has 0 atom stereocenters. The molecule has 0 spiro atoms. The average molecular weight is 159 g/mol. The molecule has 0 aromatic heterocycles. The first-order valence-corrected chi connectivity index (χ1v) is 4.28. The number of ketones is 1. The predicted octanol–water partition coefficient (Wildman–Crippen LogP) is 1.94. The number of hydrogen-bond acceptors (Lipinski definition) is 2. The highest BCUT2D eigenvalue weighted by Gasteiger charge is 2.02. The van der Waals surface area contributed by atoms with E-state index in [0.29, 0.717) is 0 Å². The molecular formula is C9H21NO. The van der Waals surface area contributed by atoms with Crippen LogP contribution in [-0.4, -0.2) is 30.8 Å². The maximum absolute atomic E-state index is 9.44. The van der Waals surface area contributed by atoms with Gasteiger partial charge in [0.25, 0.3) is 0 Å². The number of Topliss-reactive ketones (excluding diaryl/α,β-unsaturated/α-hetero) is 1. The average Bonchev–Trinajstić information content (AvgIpc) is 1.87. The van der Waals surface area contributed by atoms with Crippen molar-refractivity contribution in [3.63, 3.8) is 0 Å². The molecule has 1 aliphatic rings. The molecule has 68 valence electrons. The van der Waals surface area contributed by atoms with E-state index in [1.54, 1.807) is 0 Å². The Labute approximate surface area is 71.1 Å². The molecule has 1 heterocycles. The fourth-order valence-corrected chi connectivity index (χ4v) is 1.05. The van der Waals surface area contributed by atoms with Crippen LogP contribution in [0.3, 0.4) is 0 Å². The lowest BCUT2D eigenvalue weighted by atomic mass is 10.1. The van der Waals surface area contributed by atoms with Crippen molar-refractivity contribution >= 4 is 5.78 Å². The summed E-state index contributed by atoms with van der Waals surface area (Å²) in [6.07, 6.45) is 4.28. The van der Waals surface area contributed by atoms with Gasteiger partial charge in [0.15, 0.2) is 0 Å². The Bertz CT molecular complexity index is 107. The molecule has 0 aromatic rings. The van der Waals surface area contributed by atoms with Crippen molar-refractivity contribution in [2.24, 2.45) is 0 Å². The third-order valence-electron chi connectivity index (χ3n) is 1.58. The highest BCUT2D eigenvalue weighted by Crippen LogP contribution is 2.04. The minimum Gasteiger partial charge on any atom is -0.306 e. The smallest absolute Gasteiger partial charge is 0.126 e. The van der Waals surface area contributed by atoms with Crippen LogP contribution in [0, 0.1) is 0 Å².